The maximum absolute atomic E-state index is 13.9. The number of piperazine rings is 1. The van der Waals surface area contributed by atoms with E-state index in [1.165, 1.54) is 28.2 Å². The van der Waals surface area contributed by atoms with Crippen molar-refractivity contribution in [2.75, 3.05) is 40.3 Å². The third-order valence-electron chi connectivity index (χ3n) is 7.01. The molecule has 2 aromatic rings. The van der Waals surface area contributed by atoms with Gasteiger partial charge in [-0.2, -0.15) is 0 Å². The lowest BCUT2D eigenvalue weighted by Crippen LogP contribution is -2.52. The second kappa shape index (κ2) is 11.0. The van der Waals surface area contributed by atoms with Crippen LogP contribution in [0.25, 0.3) is 0 Å². The van der Waals surface area contributed by atoms with Crippen LogP contribution in [0, 0.1) is 5.82 Å². The lowest BCUT2D eigenvalue weighted by molar-refractivity contribution is -0.137. The molecule has 1 unspecified atom stereocenters. The molecule has 0 radical (unpaired) electrons. The Hall–Kier alpha value is -2.65. The zero-order chi connectivity index (χ0) is 25.1. The Morgan fingerprint density at radius 3 is 2.43 bits per heavy atom. The molecule has 1 aliphatic heterocycles. The van der Waals surface area contributed by atoms with E-state index in [9.17, 15) is 19.1 Å². The molecule has 1 saturated heterocycles. The number of benzene rings is 2. The van der Waals surface area contributed by atoms with Gasteiger partial charge in [0.2, 0.25) is 5.91 Å². The average molecular weight is 548 g/mol. The molecule has 2 aromatic carbocycles. The number of halogens is 2. The number of carbonyl (C=O) groups is 2. The standard InChI is InChI=1S/C26H31BrFN3O4/c1-29(16-21-20-6-4-3-5-18(20)15-22(27)24(21)35-2)25(32)23(17-7-9-19(28)10-8-17)30-11-13-31(14-12-30)26(33)34/h7-10,15,23H,3-6,11-14,16H2,1-2H3,(H,33,34). The Labute approximate surface area is 213 Å². The first kappa shape index (κ1) is 25.4. The van der Waals surface area contributed by atoms with Gasteiger partial charge in [-0.3, -0.25) is 9.69 Å². The molecule has 0 aromatic heterocycles. The van der Waals surface area contributed by atoms with Crippen molar-refractivity contribution in [1.82, 2.24) is 14.7 Å². The first-order valence-corrected chi connectivity index (χ1v) is 12.7. The topological polar surface area (TPSA) is 73.3 Å². The normalized spacial score (nSPS) is 17.0. The Kier molecular flexibility index (Phi) is 7.96. The van der Waals surface area contributed by atoms with E-state index < -0.39 is 12.1 Å². The van der Waals surface area contributed by atoms with E-state index in [-0.39, 0.29) is 11.7 Å². The predicted molar refractivity (Wildman–Crippen MR) is 134 cm³/mol. The fourth-order valence-electron chi connectivity index (χ4n) is 5.17. The maximum Gasteiger partial charge on any atom is 0.407 e. The van der Waals surface area contributed by atoms with Crippen LogP contribution in [0.2, 0.25) is 0 Å². The van der Waals surface area contributed by atoms with Gasteiger partial charge in [0, 0.05) is 45.3 Å². The highest BCUT2D eigenvalue weighted by molar-refractivity contribution is 9.10. The largest absolute Gasteiger partial charge is 0.495 e. The number of carbonyl (C=O) groups excluding carboxylic acids is 1. The van der Waals surface area contributed by atoms with Crippen LogP contribution >= 0.6 is 15.9 Å². The number of rotatable bonds is 6. The fraction of sp³-hybridized carbons (Fsp3) is 0.462. The van der Waals surface area contributed by atoms with Crippen molar-refractivity contribution in [1.29, 1.82) is 0 Å². The SMILES string of the molecule is COc1c(Br)cc2c(c1CN(C)C(=O)C(c1ccc(F)cc1)N1CCN(C(=O)O)CC1)CCCC2. The van der Waals surface area contributed by atoms with Gasteiger partial charge in [0.15, 0.2) is 0 Å². The Balaban J connectivity index is 1.63. The molecular weight excluding hydrogens is 517 g/mol. The van der Waals surface area contributed by atoms with Crippen LogP contribution < -0.4 is 4.74 Å². The molecule has 35 heavy (non-hydrogen) atoms. The van der Waals surface area contributed by atoms with Crippen molar-refractivity contribution >= 4 is 27.9 Å². The summed E-state index contributed by atoms with van der Waals surface area (Å²) < 4.78 is 20.3. The molecule has 1 fully saturated rings. The van der Waals surface area contributed by atoms with Gasteiger partial charge in [-0.1, -0.05) is 12.1 Å². The molecule has 0 bridgehead atoms. The quantitative estimate of drug-likeness (QED) is 0.577. The third-order valence-corrected chi connectivity index (χ3v) is 7.60. The first-order valence-electron chi connectivity index (χ1n) is 11.9. The van der Waals surface area contributed by atoms with Crippen LogP contribution in [0.4, 0.5) is 9.18 Å². The van der Waals surface area contributed by atoms with Gasteiger partial charge < -0.3 is 19.6 Å². The monoisotopic (exact) mass is 547 g/mol. The van der Waals surface area contributed by atoms with E-state index >= 15 is 0 Å². The summed E-state index contributed by atoms with van der Waals surface area (Å²) in [6, 6.07) is 7.48. The molecule has 0 spiro atoms. The summed E-state index contributed by atoms with van der Waals surface area (Å²) in [5, 5.41) is 9.32. The summed E-state index contributed by atoms with van der Waals surface area (Å²) in [6.45, 7) is 1.86. The molecule has 1 atom stereocenters. The van der Waals surface area contributed by atoms with Crippen molar-refractivity contribution < 1.29 is 23.8 Å². The minimum Gasteiger partial charge on any atom is -0.495 e. The number of hydrogen-bond donors (Lipinski definition) is 1. The number of carboxylic acid groups (broad SMARTS) is 1. The summed E-state index contributed by atoms with van der Waals surface area (Å²) in [7, 11) is 3.42. The Bertz CT molecular complexity index is 1090. The van der Waals surface area contributed by atoms with Crippen molar-refractivity contribution in [3.05, 3.63) is 62.9 Å². The fourth-order valence-corrected chi connectivity index (χ4v) is 5.85. The van der Waals surface area contributed by atoms with Gasteiger partial charge in [-0.15, -0.1) is 0 Å². The average Bonchev–Trinajstić information content (AvgIpc) is 2.85. The molecule has 4 rings (SSSR count). The van der Waals surface area contributed by atoms with Crippen LogP contribution in [-0.4, -0.2) is 72.1 Å². The predicted octanol–water partition coefficient (Wildman–Crippen LogP) is 4.47. The van der Waals surface area contributed by atoms with Gasteiger partial charge in [0.05, 0.1) is 11.6 Å². The summed E-state index contributed by atoms with van der Waals surface area (Å²) >= 11 is 3.64. The summed E-state index contributed by atoms with van der Waals surface area (Å²) in [6.07, 6.45) is 3.26. The van der Waals surface area contributed by atoms with E-state index in [0.29, 0.717) is 38.3 Å². The van der Waals surface area contributed by atoms with Crippen LogP contribution in [0.3, 0.4) is 0 Å². The molecule has 1 N–H and O–H groups in total. The van der Waals surface area contributed by atoms with Crippen molar-refractivity contribution in [2.24, 2.45) is 0 Å². The van der Waals surface area contributed by atoms with E-state index in [4.69, 9.17) is 4.74 Å². The first-order chi connectivity index (χ1) is 16.8. The highest BCUT2D eigenvalue weighted by atomic mass is 79.9. The third kappa shape index (κ3) is 5.46. The molecule has 188 valence electrons. The maximum atomic E-state index is 13.9. The highest BCUT2D eigenvalue weighted by Gasteiger charge is 2.34. The lowest BCUT2D eigenvalue weighted by Gasteiger charge is -2.39. The van der Waals surface area contributed by atoms with E-state index in [0.717, 1.165) is 41.5 Å². The van der Waals surface area contributed by atoms with Crippen LogP contribution in [0.5, 0.6) is 5.75 Å². The Morgan fingerprint density at radius 1 is 1.14 bits per heavy atom. The molecule has 2 aliphatic rings. The molecular formula is C26H31BrFN3O4. The molecule has 1 aliphatic carbocycles. The van der Waals surface area contributed by atoms with Crippen molar-refractivity contribution in [3.63, 3.8) is 0 Å². The summed E-state index contributed by atoms with van der Waals surface area (Å²) in [5.74, 6) is 0.264. The van der Waals surface area contributed by atoms with Gasteiger partial charge in [0.25, 0.3) is 0 Å². The zero-order valence-electron chi connectivity index (χ0n) is 20.1. The molecule has 2 amide bonds. The number of hydrogen-bond acceptors (Lipinski definition) is 4. The number of fused-ring (bicyclic) bond motifs is 1. The smallest absolute Gasteiger partial charge is 0.407 e. The lowest BCUT2D eigenvalue weighted by atomic mass is 9.87. The van der Waals surface area contributed by atoms with Crippen LogP contribution in [0.1, 0.15) is 41.1 Å². The highest BCUT2D eigenvalue weighted by Crippen LogP contribution is 2.38. The number of amides is 2. The molecule has 0 saturated carbocycles. The number of ether oxygens (including phenoxy) is 1. The van der Waals surface area contributed by atoms with E-state index in [1.54, 1.807) is 31.2 Å². The second-order valence-corrected chi connectivity index (χ2v) is 10.0. The van der Waals surface area contributed by atoms with Crippen molar-refractivity contribution in [2.45, 2.75) is 38.3 Å². The number of aryl methyl sites for hydroxylation is 1. The summed E-state index contributed by atoms with van der Waals surface area (Å²) in [5.41, 5.74) is 4.25. The van der Waals surface area contributed by atoms with Crippen LogP contribution in [-0.2, 0) is 24.2 Å². The zero-order valence-corrected chi connectivity index (χ0v) is 21.7. The summed E-state index contributed by atoms with van der Waals surface area (Å²) in [4.78, 5) is 30.3. The van der Waals surface area contributed by atoms with Gasteiger partial charge >= 0.3 is 6.09 Å². The minimum absolute atomic E-state index is 0.119. The van der Waals surface area contributed by atoms with E-state index in [2.05, 4.69) is 22.0 Å². The van der Waals surface area contributed by atoms with Gasteiger partial charge in [-0.05, 0) is 76.5 Å². The van der Waals surface area contributed by atoms with E-state index in [1.807, 2.05) is 4.90 Å². The Morgan fingerprint density at radius 2 is 1.80 bits per heavy atom. The molecule has 9 heteroatoms. The van der Waals surface area contributed by atoms with Gasteiger partial charge in [-0.25, -0.2) is 9.18 Å². The number of nitrogens with zero attached hydrogens (tertiary/aromatic N) is 3. The second-order valence-electron chi connectivity index (χ2n) is 9.17. The van der Waals surface area contributed by atoms with Crippen LogP contribution in [0.15, 0.2) is 34.8 Å². The molecule has 7 nitrogen and oxygen atoms in total. The van der Waals surface area contributed by atoms with Crippen molar-refractivity contribution in [3.8, 4) is 5.75 Å². The number of methoxy groups -OCH3 is 1. The van der Waals surface area contributed by atoms with Gasteiger partial charge in [0.1, 0.15) is 17.6 Å². The number of likely N-dealkylation sites (N-methyl/N-ethyl adjacent to an activating group) is 1. The molecule has 1 heterocycles. The minimum atomic E-state index is -0.960.